The molecule has 0 radical (unpaired) electrons. The van der Waals surface area contributed by atoms with Crippen LogP contribution in [0, 0.1) is 0 Å². The summed E-state index contributed by atoms with van der Waals surface area (Å²) in [5.74, 6) is 0. The van der Waals surface area contributed by atoms with Crippen LogP contribution in [-0.4, -0.2) is 72.9 Å². The van der Waals surface area contributed by atoms with Crippen LogP contribution < -0.4 is 5.32 Å². The van der Waals surface area contributed by atoms with Gasteiger partial charge in [-0.25, -0.2) is 0 Å². The zero-order valence-corrected chi connectivity index (χ0v) is 13.2. The SMILES string of the molecule is CCC1CN(C)CCCN1CCC(CO)NC(C)C. The van der Waals surface area contributed by atoms with Crippen LogP contribution in [0.4, 0.5) is 0 Å². The number of likely N-dealkylation sites (N-methyl/N-ethyl adjacent to an activating group) is 1. The van der Waals surface area contributed by atoms with Crippen molar-refractivity contribution in [1.82, 2.24) is 15.1 Å². The Morgan fingerprint density at radius 1 is 1.32 bits per heavy atom. The Hall–Kier alpha value is -0.160. The second-order valence-corrected chi connectivity index (χ2v) is 6.20. The molecule has 0 bridgehead atoms. The molecule has 2 unspecified atom stereocenters. The molecule has 114 valence electrons. The third kappa shape index (κ3) is 6.21. The van der Waals surface area contributed by atoms with E-state index in [2.05, 4.69) is 42.9 Å². The molecule has 0 aliphatic carbocycles. The molecule has 1 aliphatic heterocycles. The average molecular weight is 271 g/mol. The Balaban J connectivity index is 2.43. The zero-order chi connectivity index (χ0) is 14.3. The predicted molar refractivity (Wildman–Crippen MR) is 81.5 cm³/mol. The first-order chi connectivity index (χ1) is 9.06. The molecular weight excluding hydrogens is 238 g/mol. The van der Waals surface area contributed by atoms with Crippen LogP contribution in [0.3, 0.4) is 0 Å². The fraction of sp³-hybridized carbons (Fsp3) is 1.00. The van der Waals surface area contributed by atoms with Crippen LogP contribution in [0.15, 0.2) is 0 Å². The van der Waals surface area contributed by atoms with Gasteiger partial charge in [0.15, 0.2) is 0 Å². The van der Waals surface area contributed by atoms with Gasteiger partial charge < -0.3 is 15.3 Å². The van der Waals surface area contributed by atoms with Crippen LogP contribution >= 0.6 is 0 Å². The third-order valence-corrected chi connectivity index (χ3v) is 4.05. The molecule has 2 N–H and O–H groups in total. The molecule has 1 fully saturated rings. The number of rotatable bonds is 7. The van der Waals surface area contributed by atoms with Gasteiger partial charge in [-0.3, -0.25) is 4.90 Å². The standard InChI is InChI=1S/C15H33N3O/c1-5-15-11-17(4)8-6-9-18(15)10-7-14(12-19)16-13(2)3/h13-16,19H,5-12H2,1-4H3. The monoisotopic (exact) mass is 271 g/mol. The van der Waals surface area contributed by atoms with Gasteiger partial charge in [-0.05, 0) is 39.4 Å². The smallest absolute Gasteiger partial charge is 0.0585 e. The summed E-state index contributed by atoms with van der Waals surface area (Å²) in [5, 5.41) is 12.9. The lowest BCUT2D eigenvalue weighted by Crippen LogP contribution is -2.44. The van der Waals surface area contributed by atoms with Crippen molar-refractivity contribution in [2.24, 2.45) is 0 Å². The fourth-order valence-electron chi connectivity index (χ4n) is 2.99. The molecule has 0 saturated carbocycles. The summed E-state index contributed by atoms with van der Waals surface area (Å²) >= 11 is 0. The van der Waals surface area contributed by atoms with E-state index in [1.54, 1.807) is 0 Å². The maximum absolute atomic E-state index is 9.44. The minimum absolute atomic E-state index is 0.235. The van der Waals surface area contributed by atoms with E-state index in [1.807, 2.05) is 0 Å². The number of nitrogens with zero attached hydrogens (tertiary/aromatic N) is 2. The van der Waals surface area contributed by atoms with E-state index in [0.717, 1.165) is 13.0 Å². The molecule has 0 aromatic rings. The molecule has 19 heavy (non-hydrogen) atoms. The van der Waals surface area contributed by atoms with Gasteiger partial charge in [-0.15, -0.1) is 0 Å². The molecule has 1 rings (SSSR count). The molecule has 0 aromatic carbocycles. The Morgan fingerprint density at radius 3 is 2.63 bits per heavy atom. The van der Waals surface area contributed by atoms with E-state index in [9.17, 15) is 5.11 Å². The summed E-state index contributed by atoms with van der Waals surface area (Å²) in [5.41, 5.74) is 0. The molecule has 0 amide bonds. The maximum Gasteiger partial charge on any atom is 0.0585 e. The Kier molecular flexibility index (Phi) is 7.91. The normalized spacial score (nSPS) is 24.6. The first-order valence-electron chi connectivity index (χ1n) is 7.86. The largest absolute Gasteiger partial charge is 0.395 e. The number of aliphatic hydroxyl groups excluding tert-OH is 1. The van der Waals surface area contributed by atoms with Crippen molar-refractivity contribution in [2.45, 2.75) is 58.2 Å². The number of hydrogen-bond donors (Lipinski definition) is 2. The molecule has 4 heteroatoms. The molecule has 1 saturated heterocycles. The van der Waals surface area contributed by atoms with E-state index < -0.39 is 0 Å². The fourth-order valence-corrected chi connectivity index (χ4v) is 2.99. The van der Waals surface area contributed by atoms with Gasteiger partial charge >= 0.3 is 0 Å². The third-order valence-electron chi connectivity index (χ3n) is 4.05. The van der Waals surface area contributed by atoms with E-state index in [1.165, 1.54) is 32.5 Å². The Labute approximate surface area is 119 Å². The van der Waals surface area contributed by atoms with Crippen LogP contribution in [0.1, 0.15) is 40.0 Å². The van der Waals surface area contributed by atoms with Crippen molar-refractivity contribution >= 4 is 0 Å². The molecule has 0 aromatic heterocycles. The van der Waals surface area contributed by atoms with Gasteiger partial charge in [0.05, 0.1) is 6.61 Å². The molecule has 0 spiro atoms. The minimum Gasteiger partial charge on any atom is -0.395 e. The van der Waals surface area contributed by atoms with Gasteiger partial charge in [-0.2, -0.15) is 0 Å². The lowest BCUT2D eigenvalue weighted by molar-refractivity contribution is 0.159. The minimum atomic E-state index is 0.235. The highest BCUT2D eigenvalue weighted by atomic mass is 16.3. The lowest BCUT2D eigenvalue weighted by Gasteiger charge is -2.31. The van der Waals surface area contributed by atoms with Crippen LogP contribution in [-0.2, 0) is 0 Å². The Morgan fingerprint density at radius 2 is 2.05 bits per heavy atom. The number of aliphatic hydroxyl groups is 1. The van der Waals surface area contributed by atoms with Gasteiger partial charge in [0.1, 0.15) is 0 Å². The van der Waals surface area contributed by atoms with Gasteiger partial charge in [0.2, 0.25) is 0 Å². The topological polar surface area (TPSA) is 38.7 Å². The second kappa shape index (κ2) is 8.90. The van der Waals surface area contributed by atoms with Crippen molar-refractivity contribution < 1.29 is 5.11 Å². The Bertz CT molecular complexity index is 235. The average Bonchev–Trinajstić information content (AvgIpc) is 2.55. The second-order valence-electron chi connectivity index (χ2n) is 6.20. The molecule has 1 heterocycles. The molecule has 4 nitrogen and oxygen atoms in total. The highest BCUT2D eigenvalue weighted by Crippen LogP contribution is 2.13. The van der Waals surface area contributed by atoms with Crippen molar-refractivity contribution in [1.29, 1.82) is 0 Å². The van der Waals surface area contributed by atoms with E-state index in [0.29, 0.717) is 12.1 Å². The van der Waals surface area contributed by atoms with E-state index in [4.69, 9.17) is 0 Å². The quantitative estimate of drug-likeness (QED) is 0.729. The molecular formula is C15H33N3O. The van der Waals surface area contributed by atoms with Crippen LogP contribution in [0.25, 0.3) is 0 Å². The summed E-state index contributed by atoms with van der Waals surface area (Å²) in [6.45, 7) is 11.5. The van der Waals surface area contributed by atoms with Crippen LogP contribution in [0.5, 0.6) is 0 Å². The maximum atomic E-state index is 9.44. The molecule has 2 atom stereocenters. The summed E-state index contributed by atoms with van der Waals surface area (Å²) in [6.07, 6.45) is 3.51. The molecule has 1 aliphatic rings. The number of hydrogen-bond acceptors (Lipinski definition) is 4. The summed E-state index contributed by atoms with van der Waals surface area (Å²) in [7, 11) is 2.23. The highest BCUT2D eigenvalue weighted by molar-refractivity contribution is 4.79. The van der Waals surface area contributed by atoms with Crippen molar-refractivity contribution in [3.8, 4) is 0 Å². The highest BCUT2D eigenvalue weighted by Gasteiger charge is 2.22. The van der Waals surface area contributed by atoms with Gasteiger partial charge in [0.25, 0.3) is 0 Å². The zero-order valence-electron chi connectivity index (χ0n) is 13.2. The summed E-state index contributed by atoms with van der Waals surface area (Å²) < 4.78 is 0. The van der Waals surface area contributed by atoms with Gasteiger partial charge in [-0.1, -0.05) is 20.8 Å². The predicted octanol–water partition coefficient (Wildman–Crippen LogP) is 1.15. The van der Waals surface area contributed by atoms with Crippen molar-refractivity contribution in [2.75, 3.05) is 39.8 Å². The summed E-state index contributed by atoms with van der Waals surface area (Å²) in [6, 6.07) is 1.35. The first-order valence-corrected chi connectivity index (χ1v) is 7.86. The number of nitrogens with one attached hydrogen (secondary N) is 1. The first kappa shape index (κ1) is 16.9. The van der Waals surface area contributed by atoms with Gasteiger partial charge in [0, 0.05) is 31.2 Å². The van der Waals surface area contributed by atoms with Crippen molar-refractivity contribution in [3.63, 3.8) is 0 Å². The summed E-state index contributed by atoms with van der Waals surface area (Å²) in [4.78, 5) is 5.07. The van der Waals surface area contributed by atoms with E-state index in [-0.39, 0.29) is 12.6 Å². The van der Waals surface area contributed by atoms with Crippen molar-refractivity contribution in [3.05, 3.63) is 0 Å². The van der Waals surface area contributed by atoms with E-state index >= 15 is 0 Å². The lowest BCUT2D eigenvalue weighted by atomic mass is 10.1. The van der Waals surface area contributed by atoms with Crippen LogP contribution in [0.2, 0.25) is 0 Å².